The number of aliphatic hydroxyl groups excluding tert-OH is 1. The lowest BCUT2D eigenvalue weighted by Crippen LogP contribution is -2.44. The number of carbonyl (C=O) groups is 2. The summed E-state index contributed by atoms with van der Waals surface area (Å²) in [7, 11) is 0. The maximum atomic E-state index is 12.5. The molecule has 0 bridgehead atoms. The Labute approximate surface area is 181 Å². The molecule has 0 radical (unpaired) electrons. The van der Waals surface area contributed by atoms with Crippen LogP contribution in [0.5, 0.6) is 0 Å². The summed E-state index contributed by atoms with van der Waals surface area (Å²) < 4.78 is 5.84. The highest BCUT2D eigenvalue weighted by atomic mass is 32.2. The summed E-state index contributed by atoms with van der Waals surface area (Å²) in [6.07, 6.45) is 10.2. The molecule has 8 heteroatoms. The fourth-order valence-corrected chi connectivity index (χ4v) is 5.13. The van der Waals surface area contributed by atoms with Crippen LogP contribution < -0.4 is 0 Å². The molecule has 1 unspecified atom stereocenters. The molecule has 29 heavy (non-hydrogen) atoms. The minimum absolute atomic E-state index is 0.0763. The van der Waals surface area contributed by atoms with Gasteiger partial charge in [0.2, 0.25) is 5.91 Å². The van der Waals surface area contributed by atoms with Crippen molar-refractivity contribution in [3.8, 4) is 0 Å². The third-order valence-electron chi connectivity index (χ3n) is 5.37. The van der Waals surface area contributed by atoms with Gasteiger partial charge in [0, 0.05) is 38.2 Å². The zero-order chi connectivity index (χ0) is 20.6. The number of amides is 2. The van der Waals surface area contributed by atoms with E-state index in [1.807, 2.05) is 4.90 Å². The highest BCUT2D eigenvalue weighted by Crippen LogP contribution is 2.32. The van der Waals surface area contributed by atoms with E-state index in [4.69, 9.17) is 16.6 Å². The lowest BCUT2D eigenvalue weighted by atomic mass is 9.99. The van der Waals surface area contributed by atoms with Crippen LogP contribution in [0.25, 0.3) is 6.08 Å². The number of carbonyl (C=O) groups excluding carboxylic acids is 2. The van der Waals surface area contributed by atoms with Crippen molar-refractivity contribution in [2.45, 2.75) is 57.4 Å². The zero-order valence-corrected chi connectivity index (χ0v) is 18.2. The molecule has 2 fully saturated rings. The zero-order valence-electron chi connectivity index (χ0n) is 16.5. The van der Waals surface area contributed by atoms with E-state index in [2.05, 4.69) is 0 Å². The third-order valence-corrected chi connectivity index (χ3v) is 6.75. The lowest BCUT2D eigenvalue weighted by Gasteiger charge is -2.35. The molecule has 2 aliphatic heterocycles. The first-order chi connectivity index (χ1) is 14.1. The molecule has 0 spiro atoms. The normalized spacial score (nSPS) is 21.4. The quantitative estimate of drug-likeness (QED) is 0.361. The Morgan fingerprint density at radius 2 is 2.21 bits per heavy atom. The maximum Gasteiger partial charge on any atom is 0.266 e. The summed E-state index contributed by atoms with van der Waals surface area (Å²) >= 11 is 6.65. The number of hydrogen-bond donors (Lipinski definition) is 1. The van der Waals surface area contributed by atoms with E-state index >= 15 is 0 Å². The first-order valence-electron chi connectivity index (χ1n) is 10.3. The van der Waals surface area contributed by atoms with Gasteiger partial charge < -0.3 is 14.4 Å². The first-order valence-corrected chi connectivity index (χ1v) is 11.5. The second kappa shape index (κ2) is 10.9. The molecule has 2 saturated heterocycles. The van der Waals surface area contributed by atoms with Crippen LogP contribution in [0, 0.1) is 0 Å². The maximum absolute atomic E-state index is 12.5. The van der Waals surface area contributed by atoms with Crippen molar-refractivity contribution in [2.75, 3.05) is 19.7 Å². The molecule has 3 rings (SSSR count). The smallest absolute Gasteiger partial charge is 0.266 e. The van der Waals surface area contributed by atoms with Crippen molar-refractivity contribution >= 4 is 46.2 Å². The van der Waals surface area contributed by atoms with Gasteiger partial charge in [0.25, 0.3) is 5.91 Å². The number of thiocarbonyl (C=S) groups is 1. The third kappa shape index (κ3) is 5.93. The van der Waals surface area contributed by atoms with Crippen LogP contribution in [-0.4, -0.2) is 56.8 Å². The lowest BCUT2D eigenvalue weighted by molar-refractivity contribution is -0.135. The summed E-state index contributed by atoms with van der Waals surface area (Å²) in [6.45, 7) is 1.51. The van der Waals surface area contributed by atoms with Gasteiger partial charge in [-0.15, -0.1) is 0 Å². The van der Waals surface area contributed by atoms with E-state index in [-0.39, 0.29) is 24.5 Å². The van der Waals surface area contributed by atoms with E-state index in [9.17, 15) is 14.7 Å². The van der Waals surface area contributed by atoms with E-state index < -0.39 is 0 Å². The highest BCUT2D eigenvalue weighted by Gasteiger charge is 2.31. The van der Waals surface area contributed by atoms with Crippen molar-refractivity contribution in [2.24, 2.45) is 0 Å². The number of unbranched alkanes of at least 4 members (excludes halogenated alkanes) is 2. The highest BCUT2D eigenvalue weighted by molar-refractivity contribution is 8.26. The van der Waals surface area contributed by atoms with Gasteiger partial charge in [-0.1, -0.05) is 30.4 Å². The summed E-state index contributed by atoms with van der Waals surface area (Å²) in [5.41, 5.74) is 0. The van der Waals surface area contributed by atoms with Gasteiger partial charge in [-0.3, -0.25) is 14.5 Å². The fraction of sp³-hybridized carbons (Fsp3) is 0.571. The number of likely N-dealkylation sites (tertiary alicyclic amines) is 1. The minimum atomic E-state index is -0.0763. The molecule has 1 aromatic heterocycles. The van der Waals surface area contributed by atoms with Crippen LogP contribution in [0.15, 0.2) is 27.7 Å². The van der Waals surface area contributed by atoms with Crippen LogP contribution in [-0.2, 0) is 9.59 Å². The second-order valence-corrected chi connectivity index (χ2v) is 9.08. The largest absolute Gasteiger partial charge is 0.465 e. The molecule has 1 aromatic rings. The Balaban J connectivity index is 1.39. The second-order valence-electron chi connectivity index (χ2n) is 7.41. The Morgan fingerprint density at radius 3 is 2.97 bits per heavy atom. The summed E-state index contributed by atoms with van der Waals surface area (Å²) in [6, 6.07) is 3.78. The van der Waals surface area contributed by atoms with Crippen molar-refractivity contribution in [3.63, 3.8) is 0 Å². The summed E-state index contributed by atoms with van der Waals surface area (Å²) in [4.78, 5) is 29.3. The van der Waals surface area contributed by atoms with E-state index in [1.54, 1.807) is 29.4 Å². The van der Waals surface area contributed by atoms with Gasteiger partial charge in [-0.2, -0.15) is 0 Å². The molecule has 2 aliphatic rings. The van der Waals surface area contributed by atoms with Crippen LogP contribution in [0.3, 0.4) is 0 Å². The van der Waals surface area contributed by atoms with Gasteiger partial charge in [0.05, 0.1) is 11.2 Å². The van der Waals surface area contributed by atoms with Crippen LogP contribution in [0.4, 0.5) is 0 Å². The average molecular weight is 437 g/mol. The Kier molecular flexibility index (Phi) is 8.32. The summed E-state index contributed by atoms with van der Waals surface area (Å²) in [5.74, 6) is 0.754. The van der Waals surface area contributed by atoms with Crippen LogP contribution >= 0.6 is 24.0 Å². The van der Waals surface area contributed by atoms with Crippen molar-refractivity contribution in [3.05, 3.63) is 29.1 Å². The number of aliphatic hydroxyl groups is 1. The number of rotatable bonds is 9. The number of thioether (sulfide) groups is 1. The van der Waals surface area contributed by atoms with Gasteiger partial charge in [-0.25, -0.2) is 0 Å². The molecule has 1 N–H and O–H groups in total. The van der Waals surface area contributed by atoms with E-state index in [0.29, 0.717) is 34.4 Å². The number of piperidine rings is 1. The molecule has 0 aromatic carbocycles. The molecule has 0 saturated carbocycles. The predicted molar refractivity (Wildman–Crippen MR) is 118 cm³/mol. The Morgan fingerprint density at radius 1 is 1.34 bits per heavy atom. The van der Waals surface area contributed by atoms with Gasteiger partial charge >= 0.3 is 0 Å². The monoisotopic (exact) mass is 436 g/mol. The van der Waals surface area contributed by atoms with Gasteiger partial charge in [0.15, 0.2) is 0 Å². The molecular weight excluding hydrogens is 408 g/mol. The number of hydrogen-bond acceptors (Lipinski definition) is 6. The number of furan rings is 1. The first kappa shape index (κ1) is 22.1. The molecule has 2 amide bonds. The number of nitrogens with zero attached hydrogens (tertiary/aromatic N) is 2. The topological polar surface area (TPSA) is 74.0 Å². The van der Waals surface area contributed by atoms with Crippen LogP contribution in [0.1, 0.15) is 57.1 Å². The molecule has 0 aliphatic carbocycles. The SMILES string of the molecule is O=C1C(=Cc2ccco2)SC(=S)N1CCCCCC(=O)N1CCCCC1CCO. The standard InChI is InChI=1S/C21H28N2O4S2/c24-13-10-16-7-3-5-11-22(16)19(25)9-2-1-4-12-23-20(26)18(29-21(23)28)15-17-8-6-14-27-17/h6,8,14-16,24H,1-5,7,9-13H2. The van der Waals surface area contributed by atoms with Gasteiger partial charge in [0.1, 0.15) is 10.1 Å². The van der Waals surface area contributed by atoms with Gasteiger partial charge in [-0.05, 0) is 50.7 Å². The van der Waals surface area contributed by atoms with E-state index in [0.717, 1.165) is 45.1 Å². The Bertz CT molecular complexity index is 746. The van der Waals surface area contributed by atoms with Crippen molar-refractivity contribution in [1.82, 2.24) is 9.80 Å². The summed E-state index contributed by atoms with van der Waals surface area (Å²) in [5, 5.41) is 9.21. The molecule has 158 valence electrons. The molecule has 6 nitrogen and oxygen atoms in total. The van der Waals surface area contributed by atoms with E-state index in [1.165, 1.54) is 11.8 Å². The molecule has 1 atom stereocenters. The fourth-order valence-electron chi connectivity index (χ4n) is 3.84. The average Bonchev–Trinajstić information content (AvgIpc) is 3.31. The molecule has 3 heterocycles. The Hall–Kier alpha value is -1.64. The van der Waals surface area contributed by atoms with Crippen molar-refractivity contribution in [1.29, 1.82) is 0 Å². The van der Waals surface area contributed by atoms with Crippen molar-refractivity contribution < 1.29 is 19.1 Å². The molecular formula is C21H28N2O4S2. The van der Waals surface area contributed by atoms with Crippen LogP contribution in [0.2, 0.25) is 0 Å². The predicted octanol–water partition coefficient (Wildman–Crippen LogP) is 3.80. The minimum Gasteiger partial charge on any atom is -0.465 e.